The number of rotatable bonds is 10. The summed E-state index contributed by atoms with van der Waals surface area (Å²) in [6, 6.07) is 3.63. The lowest BCUT2D eigenvalue weighted by Gasteiger charge is -2.22. The molecule has 0 saturated heterocycles. The van der Waals surface area contributed by atoms with Crippen molar-refractivity contribution in [2.75, 3.05) is 62.6 Å². The molecule has 0 atom stereocenters. The molecule has 0 heterocycles. The Morgan fingerprint density at radius 1 is 0.960 bits per heavy atom. The largest absolute Gasteiger partial charge is 0.493 e. The summed E-state index contributed by atoms with van der Waals surface area (Å²) in [5.74, 6) is 1.67. The van der Waals surface area contributed by atoms with Gasteiger partial charge in [0.2, 0.25) is 5.75 Å². The Bertz CT molecular complexity index is 562. The van der Waals surface area contributed by atoms with E-state index in [2.05, 4.69) is 0 Å². The van der Waals surface area contributed by atoms with Crippen LogP contribution in [0.3, 0.4) is 0 Å². The molecule has 0 aliphatic heterocycles. The Hall–Kier alpha value is -2.05. The number of hydrogen-bond acceptors (Lipinski definition) is 6. The maximum absolute atomic E-state index is 12.6. The second kappa shape index (κ2) is 10.1. The first-order chi connectivity index (χ1) is 11.8. The molecule has 1 aromatic rings. The van der Waals surface area contributed by atoms with E-state index in [0.29, 0.717) is 30.3 Å². The summed E-state index contributed by atoms with van der Waals surface area (Å²) < 4.78 is 16.0. The lowest BCUT2D eigenvalue weighted by Crippen LogP contribution is -2.34. The monoisotopic (exact) mass is 350 g/mol. The lowest BCUT2D eigenvalue weighted by atomic mass is 10.0. The Morgan fingerprint density at radius 3 is 1.80 bits per heavy atom. The van der Waals surface area contributed by atoms with Gasteiger partial charge in [-0.1, -0.05) is 6.08 Å². The molecular weight excluding hydrogens is 320 g/mol. The molecular formula is C19H30N2O4. The highest BCUT2D eigenvalue weighted by Gasteiger charge is 2.18. The number of benzene rings is 1. The number of ether oxygens (including phenoxy) is 3. The molecule has 25 heavy (non-hydrogen) atoms. The Kier molecular flexibility index (Phi) is 8.45. The van der Waals surface area contributed by atoms with Crippen molar-refractivity contribution in [1.82, 2.24) is 9.80 Å². The molecule has 0 spiro atoms. The van der Waals surface area contributed by atoms with Crippen LogP contribution in [0.4, 0.5) is 0 Å². The first-order valence-corrected chi connectivity index (χ1v) is 8.13. The standard InChI is InChI=1S/C19H30N2O4/c1-20(2)12-15(13-21(3)4)16(22)9-8-14-10-17(23-5)19(25-7)18(11-14)24-6/h8-11,15H,12-13H2,1-7H3/b9-8-. The van der Waals surface area contributed by atoms with Crippen molar-refractivity contribution >= 4 is 11.9 Å². The number of hydrogen-bond donors (Lipinski definition) is 0. The summed E-state index contributed by atoms with van der Waals surface area (Å²) in [6.45, 7) is 1.41. The van der Waals surface area contributed by atoms with E-state index in [-0.39, 0.29) is 11.7 Å². The minimum Gasteiger partial charge on any atom is -0.493 e. The predicted molar refractivity (Wildman–Crippen MR) is 101 cm³/mol. The van der Waals surface area contributed by atoms with Crippen LogP contribution in [-0.2, 0) is 4.79 Å². The highest BCUT2D eigenvalue weighted by atomic mass is 16.5. The van der Waals surface area contributed by atoms with Gasteiger partial charge in [-0.2, -0.15) is 0 Å². The van der Waals surface area contributed by atoms with Crippen molar-refractivity contribution in [3.05, 3.63) is 23.8 Å². The zero-order chi connectivity index (χ0) is 19.0. The lowest BCUT2D eigenvalue weighted by molar-refractivity contribution is -0.119. The molecule has 0 fully saturated rings. The van der Waals surface area contributed by atoms with Crippen molar-refractivity contribution in [3.63, 3.8) is 0 Å². The minimum absolute atomic E-state index is 0.0803. The second-order valence-electron chi connectivity index (χ2n) is 6.42. The molecule has 140 valence electrons. The third kappa shape index (κ3) is 6.40. The van der Waals surface area contributed by atoms with Crippen LogP contribution in [0, 0.1) is 5.92 Å². The van der Waals surface area contributed by atoms with E-state index in [1.54, 1.807) is 33.5 Å². The number of carbonyl (C=O) groups is 1. The van der Waals surface area contributed by atoms with Crippen molar-refractivity contribution in [2.24, 2.45) is 5.92 Å². The van der Waals surface area contributed by atoms with Gasteiger partial charge in [0.25, 0.3) is 0 Å². The first kappa shape index (κ1) is 21.0. The van der Waals surface area contributed by atoms with Gasteiger partial charge in [-0.25, -0.2) is 0 Å². The summed E-state index contributed by atoms with van der Waals surface area (Å²) >= 11 is 0. The topological polar surface area (TPSA) is 51.2 Å². The Balaban J connectivity index is 3.03. The summed E-state index contributed by atoms with van der Waals surface area (Å²) in [5.41, 5.74) is 0.816. The zero-order valence-corrected chi connectivity index (χ0v) is 16.3. The highest BCUT2D eigenvalue weighted by Crippen LogP contribution is 2.38. The first-order valence-electron chi connectivity index (χ1n) is 8.13. The SMILES string of the molecule is COc1cc(/C=C\C(=O)C(CN(C)C)CN(C)C)cc(OC)c1OC. The number of ketones is 1. The Labute approximate surface area is 151 Å². The van der Waals surface area contributed by atoms with Gasteiger partial charge >= 0.3 is 0 Å². The van der Waals surface area contributed by atoms with Crippen LogP contribution in [-0.4, -0.2) is 78.2 Å². The van der Waals surface area contributed by atoms with Gasteiger partial charge in [0, 0.05) is 19.0 Å². The molecule has 0 amide bonds. The minimum atomic E-state index is -0.0803. The van der Waals surface area contributed by atoms with E-state index in [1.165, 1.54) is 0 Å². The third-order valence-electron chi connectivity index (χ3n) is 3.70. The molecule has 0 aromatic heterocycles. The van der Waals surface area contributed by atoms with Gasteiger partial charge in [-0.05, 0) is 52.0 Å². The van der Waals surface area contributed by atoms with E-state index in [9.17, 15) is 4.79 Å². The molecule has 1 rings (SSSR count). The average Bonchev–Trinajstić information content (AvgIpc) is 2.56. The summed E-state index contributed by atoms with van der Waals surface area (Å²) in [5, 5.41) is 0. The van der Waals surface area contributed by atoms with Gasteiger partial charge in [-0.15, -0.1) is 0 Å². The van der Waals surface area contributed by atoms with Gasteiger partial charge in [0.1, 0.15) is 0 Å². The second-order valence-corrected chi connectivity index (χ2v) is 6.42. The van der Waals surface area contributed by atoms with Crippen molar-refractivity contribution in [3.8, 4) is 17.2 Å². The maximum atomic E-state index is 12.6. The van der Waals surface area contributed by atoms with Gasteiger partial charge in [0.05, 0.1) is 21.3 Å². The predicted octanol–water partition coefficient (Wildman–Crippen LogP) is 2.03. The van der Waals surface area contributed by atoms with Crippen molar-refractivity contribution in [2.45, 2.75) is 0 Å². The third-order valence-corrected chi connectivity index (χ3v) is 3.70. The van der Waals surface area contributed by atoms with Crippen molar-refractivity contribution < 1.29 is 19.0 Å². The molecule has 0 N–H and O–H groups in total. The molecule has 0 unspecified atom stereocenters. The fourth-order valence-corrected chi connectivity index (χ4v) is 2.63. The summed E-state index contributed by atoms with van der Waals surface area (Å²) in [7, 11) is 12.6. The van der Waals surface area contributed by atoms with E-state index in [4.69, 9.17) is 14.2 Å². The normalized spacial score (nSPS) is 11.6. The molecule has 0 saturated carbocycles. The number of carbonyl (C=O) groups excluding carboxylic acids is 1. The van der Waals surface area contributed by atoms with Gasteiger partial charge in [0.15, 0.2) is 17.3 Å². The summed E-state index contributed by atoms with van der Waals surface area (Å²) in [4.78, 5) is 16.6. The van der Waals surface area contributed by atoms with Crippen LogP contribution < -0.4 is 14.2 Å². The molecule has 1 aromatic carbocycles. The number of methoxy groups -OCH3 is 3. The van der Waals surface area contributed by atoms with Crippen LogP contribution in [0.25, 0.3) is 6.08 Å². The van der Waals surface area contributed by atoms with Crippen LogP contribution in [0.1, 0.15) is 5.56 Å². The fourth-order valence-electron chi connectivity index (χ4n) is 2.63. The molecule has 6 heteroatoms. The highest BCUT2D eigenvalue weighted by molar-refractivity contribution is 5.95. The molecule has 0 bridgehead atoms. The van der Waals surface area contributed by atoms with Crippen LogP contribution >= 0.6 is 0 Å². The zero-order valence-electron chi connectivity index (χ0n) is 16.3. The molecule has 0 aliphatic rings. The van der Waals surface area contributed by atoms with Crippen LogP contribution in [0.2, 0.25) is 0 Å². The average molecular weight is 350 g/mol. The maximum Gasteiger partial charge on any atom is 0.203 e. The fraction of sp³-hybridized carbons (Fsp3) is 0.526. The van der Waals surface area contributed by atoms with Crippen LogP contribution in [0.5, 0.6) is 17.2 Å². The van der Waals surface area contributed by atoms with E-state index < -0.39 is 0 Å². The number of nitrogens with zero attached hydrogens (tertiary/aromatic N) is 2. The van der Waals surface area contributed by atoms with Gasteiger partial charge in [-0.3, -0.25) is 4.79 Å². The van der Waals surface area contributed by atoms with Gasteiger partial charge < -0.3 is 24.0 Å². The molecule has 0 radical (unpaired) electrons. The van der Waals surface area contributed by atoms with E-state index in [0.717, 1.165) is 5.56 Å². The quantitative estimate of drug-likeness (QED) is 0.602. The van der Waals surface area contributed by atoms with Crippen molar-refractivity contribution in [1.29, 1.82) is 0 Å². The van der Waals surface area contributed by atoms with Crippen LogP contribution in [0.15, 0.2) is 18.2 Å². The van der Waals surface area contributed by atoms with E-state index in [1.807, 2.05) is 50.1 Å². The molecule has 0 aliphatic carbocycles. The smallest absolute Gasteiger partial charge is 0.203 e. The Morgan fingerprint density at radius 2 is 1.44 bits per heavy atom. The summed E-state index contributed by atoms with van der Waals surface area (Å²) in [6.07, 6.45) is 3.41. The molecule has 6 nitrogen and oxygen atoms in total. The van der Waals surface area contributed by atoms with E-state index >= 15 is 0 Å². The number of allylic oxidation sites excluding steroid dienone is 1.